The first-order valence-electron chi connectivity index (χ1n) is 5.85. The molecule has 0 fully saturated rings. The van der Waals surface area contributed by atoms with Crippen molar-refractivity contribution in [1.82, 2.24) is 5.32 Å². The van der Waals surface area contributed by atoms with Crippen LogP contribution in [0.2, 0.25) is 0 Å². The molecule has 2 amide bonds. The smallest absolute Gasteiger partial charge is 0.287 e. The lowest BCUT2D eigenvalue weighted by molar-refractivity contribution is -0.115. The summed E-state index contributed by atoms with van der Waals surface area (Å²) in [5.74, 6) is -6.08. The molecule has 116 valence electrons. The number of carbonyl (C=O) groups excluding carboxylic acids is 2. The maximum atomic E-state index is 13.4. The third kappa shape index (κ3) is 3.67. The van der Waals surface area contributed by atoms with Crippen molar-refractivity contribution in [2.45, 2.75) is 0 Å². The highest BCUT2D eigenvalue weighted by molar-refractivity contribution is 9.10. The predicted molar refractivity (Wildman–Crippen MR) is 73.7 cm³/mol. The molecular weight excluding hydrogens is 369 g/mol. The molecule has 0 aliphatic carbocycles. The first-order valence-corrected chi connectivity index (χ1v) is 6.64. The molecule has 0 radical (unpaired) electrons. The Kier molecular flexibility index (Phi) is 4.86. The monoisotopic (exact) mass is 376 g/mol. The second-order valence-corrected chi connectivity index (χ2v) is 4.84. The maximum Gasteiger partial charge on any atom is 0.287 e. The molecule has 1 aromatic heterocycles. The Bertz CT molecular complexity index is 733. The number of hydrogen-bond donors (Lipinski definition) is 2. The maximum absolute atomic E-state index is 13.4. The average Bonchev–Trinajstić information content (AvgIpc) is 2.92. The molecule has 2 aromatic rings. The molecule has 0 atom stereocenters. The summed E-state index contributed by atoms with van der Waals surface area (Å²) in [5.41, 5.74) is -0.529. The van der Waals surface area contributed by atoms with Crippen LogP contribution >= 0.6 is 15.9 Å². The second kappa shape index (κ2) is 6.65. The van der Waals surface area contributed by atoms with Crippen molar-refractivity contribution in [3.8, 4) is 0 Å². The molecular formula is C13H8BrF3N2O3. The number of nitrogens with one attached hydrogen (secondary N) is 2. The fraction of sp³-hybridized carbons (Fsp3) is 0.0769. The highest BCUT2D eigenvalue weighted by Crippen LogP contribution is 2.19. The quantitative estimate of drug-likeness (QED) is 0.806. The average molecular weight is 377 g/mol. The number of amides is 2. The zero-order valence-electron chi connectivity index (χ0n) is 10.8. The number of hydrogen-bond acceptors (Lipinski definition) is 3. The van der Waals surface area contributed by atoms with Gasteiger partial charge < -0.3 is 15.1 Å². The van der Waals surface area contributed by atoms with Gasteiger partial charge in [-0.1, -0.05) is 0 Å². The zero-order valence-corrected chi connectivity index (χ0v) is 12.3. The molecule has 1 heterocycles. The first kappa shape index (κ1) is 16.1. The predicted octanol–water partition coefficient (Wildman–Crippen LogP) is 2.83. The van der Waals surface area contributed by atoms with E-state index in [4.69, 9.17) is 4.42 Å². The van der Waals surface area contributed by atoms with Crippen LogP contribution in [0.3, 0.4) is 0 Å². The summed E-state index contributed by atoms with van der Waals surface area (Å²) >= 11 is 3.01. The van der Waals surface area contributed by atoms with Gasteiger partial charge in [0, 0.05) is 0 Å². The van der Waals surface area contributed by atoms with Crippen molar-refractivity contribution in [3.05, 3.63) is 52.1 Å². The van der Waals surface area contributed by atoms with Gasteiger partial charge in [-0.25, -0.2) is 13.2 Å². The topological polar surface area (TPSA) is 71.3 Å². The van der Waals surface area contributed by atoms with E-state index < -0.39 is 41.5 Å². The van der Waals surface area contributed by atoms with Crippen LogP contribution in [-0.2, 0) is 4.79 Å². The SMILES string of the molecule is O=C(CNC(=O)c1ccc(Br)o1)Nc1ccc(F)c(F)c1F. The van der Waals surface area contributed by atoms with E-state index in [9.17, 15) is 22.8 Å². The third-order valence-corrected chi connectivity index (χ3v) is 2.94. The molecule has 9 heteroatoms. The van der Waals surface area contributed by atoms with Gasteiger partial charge >= 0.3 is 0 Å². The Morgan fingerprint density at radius 1 is 1.09 bits per heavy atom. The van der Waals surface area contributed by atoms with Crippen molar-refractivity contribution >= 4 is 33.4 Å². The van der Waals surface area contributed by atoms with Crippen LogP contribution in [-0.4, -0.2) is 18.4 Å². The highest BCUT2D eigenvalue weighted by Gasteiger charge is 2.16. The van der Waals surface area contributed by atoms with Crippen molar-refractivity contribution in [1.29, 1.82) is 0 Å². The van der Waals surface area contributed by atoms with E-state index in [0.717, 1.165) is 6.07 Å². The molecule has 0 aliphatic heterocycles. The lowest BCUT2D eigenvalue weighted by atomic mass is 10.2. The molecule has 0 saturated carbocycles. The Morgan fingerprint density at radius 2 is 1.82 bits per heavy atom. The number of furan rings is 1. The van der Waals surface area contributed by atoms with Crippen molar-refractivity contribution < 1.29 is 27.2 Å². The van der Waals surface area contributed by atoms with E-state index in [0.29, 0.717) is 10.7 Å². The molecule has 0 aliphatic rings. The summed E-state index contributed by atoms with van der Waals surface area (Å²) < 4.78 is 44.4. The number of rotatable bonds is 4. The summed E-state index contributed by atoms with van der Waals surface area (Å²) in [6.07, 6.45) is 0. The van der Waals surface area contributed by atoms with E-state index in [1.807, 2.05) is 5.32 Å². The van der Waals surface area contributed by atoms with Crippen LogP contribution in [0.1, 0.15) is 10.6 Å². The summed E-state index contributed by atoms with van der Waals surface area (Å²) in [5, 5.41) is 4.24. The Balaban J connectivity index is 1.94. The molecule has 22 heavy (non-hydrogen) atoms. The summed E-state index contributed by atoms with van der Waals surface area (Å²) in [6, 6.07) is 4.42. The van der Waals surface area contributed by atoms with Gasteiger partial charge in [-0.15, -0.1) is 0 Å². The van der Waals surface area contributed by atoms with Crippen LogP contribution < -0.4 is 10.6 Å². The largest absolute Gasteiger partial charge is 0.444 e. The number of benzene rings is 1. The first-order chi connectivity index (χ1) is 10.4. The summed E-state index contributed by atoms with van der Waals surface area (Å²) in [7, 11) is 0. The minimum absolute atomic E-state index is 0.0290. The number of halogens is 4. The lowest BCUT2D eigenvalue weighted by Gasteiger charge is -2.07. The van der Waals surface area contributed by atoms with Gasteiger partial charge in [0.1, 0.15) is 0 Å². The molecule has 0 bridgehead atoms. The summed E-state index contributed by atoms with van der Waals surface area (Å²) in [6.45, 7) is -0.504. The third-order valence-electron chi connectivity index (χ3n) is 2.52. The molecule has 1 aromatic carbocycles. The van der Waals surface area contributed by atoms with E-state index in [-0.39, 0.29) is 5.76 Å². The fourth-order valence-corrected chi connectivity index (χ4v) is 1.81. The van der Waals surface area contributed by atoms with Crippen LogP contribution in [0.4, 0.5) is 18.9 Å². The van der Waals surface area contributed by atoms with E-state index in [1.54, 1.807) is 0 Å². The lowest BCUT2D eigenvalue weighted by Crippen LogP contribution is -2.32. The van der Waals surface area contributed by atoms with Gasteiger partial charge in [-0.3, -0.25) is 9.59 Å². The zero-order chi connectivity index (χ0) is 16.3. The van der Waals surface area contributed by atoms with Crippen LogP contribution in [0.15, 0.2) is 33.4 Å². The Morgan fingerprint density at radius 3 is 2.45 bits per heavy atom. The highest BCUT2D eigenvalue weighted by atomic mass is 79.9. The van der Waals surface area contributed by atoms with E-state index in [1.165, 1.54) is 12.1 Å². The van der Waals surface area contributed by atoms with Crippen LogP contribution in [0.5, 0.6) is 0 Å². The molecule has 0 unspecified atom stereocenters. The Hall–Kier alpha value is -2.29. The Labute approximate surface area is 130 Å². The van der Waals surface area contributed by atoms with Gasteiger partial charge in [-0.05, 0) is 40.2 Å². The van der Waals surface area contributed by atoms with Crippen LogP contribution in [0, 0.1) is 17.5 Å². The minimum atomic E-state index is -1.69. The van der Waals surface area contributed by atoms with Gasteiger partial charge in [-0.2, -0.15) is 0 Å². The summed E-state index contributed by atoms with van der Waals surface area (Å²) in [4.78, 5) is 23.1. The molecule has 2 rings (SSSR count). The number of anilines is 1. The molecule has 0 saturated heterocycles. The van der Waals surface area contributed by atoms with Crippen molar-refractivity contribution in [2.24, 2.45) is 0 Å². The van der Waals surface area contributed by atoms with Gasteiger partial charge in [0.05, 0.1) is 12.2 Å². The van der Waals surface area contributed by atoms with Gasteiger partial charge in [0.25, 0.3) is 5.91 Å². The molecule has 2 N–H and O–H groups in total. The minimum Gasteiger partial charge on any atom is -0.444 e. The van der Waals surface area contributed by atoms with E-state index in [2.05, 4.69) is 21.2 Å². The molecule has 5 nitrogen and oxygen atoms in total. The normalized spacial score (nSPS) is 10.4. The van der Waals surface area contributed by atoms with Gasteiger partial charge in [0.2, 0.25) is 5.91 Å². The van der Waals surface area contributed by atoms with Crippen LogP contribution in [0.25, 0.3) is 0 Å². The van der Waals surface area contributed by atoms with Gasteiger partial charge in [0.15, 0.2) is 27.9 Å². The number of carbonyl (C=O) groups is 2. The standard InChI is InChI=1S/C13H8BrF3N2O3/c14-9-4-3-8(22-9)13(21)18-5-10(20)19-7-2-1-6(15)11(16)12(7)17/h1-4H,5H2,(H,18,21)(H,19,20). The van der Waals surface area contributed by atoms with Crippen molar-refractivity contribution in [3.63, 3.8) is 0 Å². The van der Waals surface area contributed by atoms with Crippen molar-refractivity contribution in [2.75, 3.05) is 11.9 Å². The molecule has 0 spiro atoms. The fourth-order valence-electron chi connectivity index (χ4n) is 1.50. The second-order valence-electron chi connectivity index (χ2n) is 4.06. The van der Waals surface area contributed by atoms with E-state index >= 15 is 0 Å².